The van der Waals surface area contributed by atoms with Crippen LogP contribution in [-0.2, 0) is 0 Å². The Kier molecular flexibility index (Phi) is 7.11. The van der Waals surface area contributed by atoms with Gasteiger partial charge in [0, 0.05) is 23.5 Å². The molecule has 3 rings (SSSR count). The van der Waals surface area contributed by atoms with Crippen LogP contribution in [0.2, 0.25) is 0 Å². The van der Waals surface area contributed by atoms with Crippen LogP contribution in [-0.4, -0.2) is 31.1 Å². The standard InChI is InChI=1S/C17H18F2N4O2S.ClH/c18-10-4-9(5-11(19)6-10)14-7-13(23-17(20)25)15(26-14)16(24)22-12-2-1-3-21-8-12;/h4-7,12,21H,1-3,8H2,(H,22,24)(H3,20,23,25);1H/t12-;/m0./s1. The Bertz CT molecular complexity index is 820. The SMILES string of the molecule is Cl.NC(=O)Nc1cc(-c2cc(F)cc(F)c2)sc1C(=O)N[C@H]1CCCNC1. The highest BCUT2D eigenvalue weighted by Gasteiger charge is 2.22. The molecule has 1 atom stereocenters. The number of nitrogens with two attached hydrogens (primary N) is 1. The first kappa shape index (κ1) is 21.1. The molecule has 1 aliphatic rings. The topological polar surface area (TPSA) is 96.2 Å². The third-order valence-corrected chi connectivity index (χ3v) is 5.16. The molecule has 1 saturated heterocycles. The van der Waals surface area contributed by atoms with Crippen molar-refractivity contribution in [1.82, 2.24) is 10.6 Å². The molecule has 0 radical (unpaired) electrons. The second kappa shape index (κ2) is 9.12. The van der Waals surface area contributed by atoms with Gasteiger partial charge in [0.2, 0.25) is 0 Å². The predicted octanol–water partition coefficient (Wildman–Crippen LogP) is 3.09. The van der Waals surface area contributed by atoms with Gasteiger partial charge in [0.05, 0.1) is 5.69 Å². The van der Waals surface area contributed by atoms with Gasteiger partial charge in [-0.05, 0) is 43.1 Å². The van der Waals surface area contributed by atoms with Crippen LogP contribution in [0.4, 0.5) is 19.3 Å². The first-order chi connectivity index (χ1) is 12.4. The number of piperidine rings is 1. The number of anilines is 1. The number of halogens is 3. The highest BCUT2D eigenvalue weighted by atomic mass is 35.5. The molecule has 2 aromatic rings. The number of rotatable bonds is 4. The Balaban J connectivity index is 0.00000261. The van der Waals surface area contributed by atoms with Crippen molar-refractivity contribution >= 4 is 41.4 Å². The van der Waals surface area contributed by atoms with E-state index in [0.29, 0.717) is 11.4 Å². The van der Waals surface area contributed by atoms with Crippen LogP contribution in [0.25, 0.3) is 10.4 Å². The number of hydrogen-bond donors (Lipinski definition) is 4. The molecular formula is C17H19ClF2N4O2S. The number of amides is 3. The van der Waals surface area contributed by atoms with E-state index in [2.05, 4.69) is 16.0 Å². The van der Waals surface area contributed by atoms with Gasteiger partial charge in [-0.2, -0.15) is 0 Å². The van der Waals surface area contributed by atoms with Gasteiger partial charge in [0.1, 0.15) is 16.5 Å². The Morgan fingerprint density at radius 3 is 2.48 bits per heavy atom. The molecule has 5 N–H and O–H groups in total. The summed E-state index contributed by atoms with van der Waals surface area (Å²) in [5.74, 6) is -1.82. The summed E-state index contributed by atoms with van der Waals surface area (Å²) in [7, 11) is 0. The molecular weight excluding hydrogens is 398 g/mol. The fourth-order valence-electron chi connectivity index (χ4n) is 2.85. The van der Waals surface area contributed by atoms with E-state index in [4.69, 9.17) is 5.73 Å². The maximum Gasteiger partial charge on any atom is 0.316 e. The first-order valence-electron chi connectivity index (χ1n) is 8.10. The molecule has 0 bridgehead atoms. The van der Waals surface area contributed by atoms with Crippen LogP contribution < -0.4 is 21.7 Å². The zero-order chi connectivity index (χ0) is 18.7. The van der Waals surface area contributed by atoms with E-state index in [1.807, 2.05) is 0 Å². The average molecular weight is 417 g/mol. The second-order valence-electron chi connectivity index (χ2n) is 6.02. The molecule has 1 fully saturated rings. The summed E-state index contributed by atoms with van der Waals surface area (Å²) in [5, 5.41) is 8.50. The lowest BCUT2D eigenvalue weighted by molar-refractivity contribution is 0.0935. The fourth-order valence-corrected chi connectivity index (χ4v) is 3.85. The van der Waals surface area contributed by atoms with Gasteiger partial charge in [-0.15, -0.1) is 23.7 Å². The molecule has 146 valence electrons. The molecule has 1 aromatic carbocycles. The minimum absolute atomic E-state index is 0. The van der Waals surface area contributed by atoms with E-state index in [9.17, 15) is 18.4 Å². The van der Waals surface area contributed by atoms with E-state index in [1.165, 1.54) is 6.07 Å². The van der Waals surface area contributed by atoms with Gasteiger partial charge in [-0.3, -0.25) is 4.79 Å². The van der Waals surface area contributed by atoms with Gasteiger partial charge in [0.15, 0.2) is 0 Å². The molecule has 0 aliphatic carbocycles. The maximum atomic E-state index is 13.5. The molecule has 0 saturated carbocycles. The molecule has 3 amide bonds. The summed E-state index contributed by atoms with van der Waals surface area (Å²) in [5.41, 5.74) is 5.65. The molecule has 0 unspecified atom stereocenters. The molecule has 1 aromatic heterocycles. The lowest BCUT2D eigenvalue weighted by Crippen LogP contribution is -2.45. The zero-order valence-corrected chi connectivity index (χ0v) is 15.8. The third-order valence-electron chi connectivity index (χ3n) is 3.98. The Labute approximate surface area is 164 Å². The summed E-state index contributed by atoms with van der Waals surface area (Å²) in [6, 6.07) is 3.73. The van der Waals surface area contributed by atoms with Crippen LogP contribution in [0.3, 0.4) is 0 Å². The number of benzene rings is 1. The largest absolute Gasteiger partial charge is 0.351 e. The molecule has 6 nitrogen and oxygen atoms in total. The lowest BCUT2D eigenvalue weighted by Gasteiger charge is -2.23. The van der Waals surface area contributed by atoms with Gasteiger partial charge in [-0.1, -0.05) is 0 Å². The van der Waals surface area contributed by atoms with Crippen molar-refractivity contribution in [3.63, 3.8) is 0 Å². The first-order valence-corrected chi connectivity index (χ1v) is 8.92. The van der Waals surface area contributed by atoms with Crippen LogP contribution in [0.15, 0.2) is 24.3 Å². The Hall–Kier alpha value is -2.23. The van der Waals surface area contributed by atoms with Crippen molar-refractivity contribution in [2.24, 2.45) is 5.73 Å². The highest BCUT2D eigenvalue weighted by Crippen LogP contribution is 2.35. The van der Waals surface area contributed by atoms with Gasteiger partial charge in [0.25, 0.3) is 5.91 Å². The Morgan fingerprint density at radius 1 is 1.19 bits per heavy atom. The van der Waals surface area contributed by atoms with Crippen molar-refractivity contribution in [2.75, 3.05) is 18.4 Å². The zero-order valence-electron chi connectivity index (χ0n) is 14.2. The van der Waals surface area contributed by atoms with E-state index in [0.717, 1.165) is 48.9 Å². The van der Waals surface area contributed by atoms with Crippen molar-refractivity contribution < 1.29 is 18.4 Å². The number of carbonyl (C=O) groups excluding carboxylic acids is 2. The number of thiophene rings is 1. The summed E-state index contributed by atoms with van der Waals surface area (Å²) in [4.78, 5) is 24.5. The minimum Gasteiger partial charge on any atom is -0.351 e. The van der Waals surface area contributed by atoms with Gasteiger partial charge < -0.3 is 21.7 Å². The number of primary amides is 1. The van der Waals surface area contributed by atoms with Crippen LogP contribution in [0.1, 0.15) is 22.5 Å². The number of nitrogens with one attached hydrogen (secondary N) is 3. The van der Waals surface area contributed by atoms with E-state index in [-0.39, 0.29) is 40.5 Å². The summed E-state index contributed by atoms with van der Waals surface area (Å²) in [6.07, 6.45) is 1.81. The monoisotopic (exact) mass is 416 g/mol. The average Bonchev–Trinajstić information content (AvgIpc) is 2.98. The molecule has 2 heterocycles. The Morgan fingerprint density at radius 2 is 1.89 bits per heavy atom. The normalized spacial score (nSPS) is 16.3. The smallest absolute Gasteiger partial charge is 0.316 e. The van der Waals surface area contributed by atoms with E-state index < -0.39 is 17.7 Å². The van der Waals surface area contributed by atoms with Gasteiger partial charge in [-0.25, -0.2) is 13.6 Å². The number of urea groups is 1. The van der Waals surface area contributed by atoms with Crippen LogP contribution >= 0.6 is 23.7 Å². The minimum atomic E-state index is -0.826. The summed E-state index contributed by atoms with van der Waals surface area (Å²) >= 11 is 1.03. The van der Waals surface area contributed by atoms with E-state index >= 15 is 0 Å². The molecule has 27 heavy (non-hydrogen) atoms. The maximum absolute atomic E-state index is 13.5. The summed E-state index contributed by atoms with van der Waals surface area (Å²) < 4.78 is 27.0. The molecule has 0 spiro atoms. The number of hydrogen-bond acceptors (Lipinski definition) is 4. The second-order valence-corrected chi connectivity index (χ2v) is 7.07. The predicted molar refractivity (Wildman–Crippen MR) is 103 cm³/mol. The third kappa shape index (κ3) is 5.38. The van der Waals surface area contributed by atoms with Crippen LogP contribution in [0, 0.1) is 11.6 Å². The summed E-state index contributed by atoms with van der Waals surface area (Å²) in [6.45, 7) is 1.58. The lowest BCUT2D eigenvalue weighted by atomic mass is 10.1. The fraction of sp³-hybridized carbons (Fsp3) is 0.294. The van der Waals surface area contributed by atoms with Crippen LogP contribution in [0.5, 0.6) is 0 Å². The number of carbonyl (C=O) groups is 2. The van der Waals surface area contributed by atoms with Crippen molar-refractivity contribution in [3.05, 3.63) is 40.8 Å². The molecule has 10 heteroatoms. The molecule has 1 aliphatic heterocycles. The van der Waals surface area contributed by atoms with Crippen molar-refractivity contribution in [1.29, 1.82) is 0 Å². The van der Waals surface area contributed by atoms with E-state index in [1.54, 1.807) is 0 Å². The highest BCUT2D eigenvalue weighted by molar-refractivity contribution is 7.18. The van der Waals surface area contributed by atoms with Gasteiger partial charge >= 0.3 is 6.03 Å². The van der Waals surface area contributed by atoms with Crippen molar-refractivity contribution in [3.8, 4) is 10.4 Å². The van der Waals surface area contributed by atoms with Crippen molar-refractivity contribution in [2.45, 2.75) is 18.9 Å². The quantitative estimate of drug-likeness (QED) is 0.616.